The number of ether oxygens (including phenoxy) is 1. The molecule has 0 radical (unpaired) electrons. The second-order valence-electron chi connectivity index (χ2n) is 7.15. The molecule has 2 aromatic heterocycles. The number of thiazole rings is 1. The lowest BCUT2D eigenvalue weighted by molar-refractivity contribution is -0.148. The lowest BCUT2D eigenvalue weighted by Crippen LogP contribution is -2.31. The molecule has 0 aliphatic heterocycles. The average Bonchev–Trinajstić information content (AvgIpc) is 3.31. The predicted molar refractivity (Wildman–Crippen MR) is 110 cm³/mol. The van der Waals surface area contributed by atoms with E-state index in [1.807, 2.05) is 0 Å². The Kier molecular flexibility index (Phi) is 6.25. The number of amides is 1. The fourth-order valence-corrected chi connectivity index (χ4v) is 3.55. The van der Waals surface area contributed by atoms with Crippen LogP contribution in [-0.2, 0) is 21.5 Å². The minimum atomic E-state index is -0.927. The van der Waals surface area contributed by atoms with Crippen LogP contribution < -0.4 is 5.32 Å². The van der Waals surface area contributed by atoms with Gasteiger partial charge in [0.25, 0.3) is 5.91 Å². The fraction of sp³-hybridized carbons (Fsp3) is 0.350. The molecule has 1 N–H and O–H groups in total. The van der Waals surface area contributed by atoms with Crippen LogP contribution in [0, 0.1) is 12.7 Å². The Balaban J connectivity index is 1.71. The van der Waals surface area contributed by atoms with Gasteiger partial charge in [-0.2, -0.15) is 0 Å². The Bertz CT molecular complexity index is 1060. The topological polar surface area (TPSA) is 99.0 Å². The molecule has 10 heteroatoms. The first-order valence-electron chi connectivity index (χ1n) is 9.31. The molecule has 0 saturated heterocycles. The molecule has 0 aliphatic rings. The molecule has 2 heterocycles. The smallest absolute Gasteiger partial charge is 0.317 e. The van der Waals surface area contributed by atoms with Crippen molar-refractivity contribution in [3.05, 3.63) is 58.1 Å². The van der Waals surface area contributed by atoms with E-state index in [1.54, 1.807) is 49.9 Å². The van der Waals surface area contributed by atoms with Crippen molar-refractivity contribution in [2.45, 2.75) is 39.7 Å². The van der Waals surface area contributed by atoms with Gasteiger partial charge in [-0.1, -0.05) is 17.3 Å². The van der Waals surface area contributed by atoms with E-state index < -0.39 is 11.3 Å². The molecule has 3 rings (SSSR count). The summed E-state index contributed by atoms with van der Waals surface area (Å²) in [6, 6.07) is 6.04. The molecule has 0 spiro atoms. The zero-order valence-electron chi connectivity index (χ0n) is 17.1. The zero-order chi connectivity index (χ0) is 21.9. The summed E-state index contributed by atoms with van der Waals surface area (Å²) in [5, 5.41) is 12.7. The summed E-state index contributed by atoms with van der Waals surface area (Å²) in [5.74, 6) is -1.15. The Labute approximate surface area is 177 Å². The number of esters is 1. The molecule has 0 atom stereocenters. The van der Waals surface area contributed by atoms with Crippen LogP contribution in [0.5, 0.6) is 0 Å². The summed E-state index contributed by atoms with van der Waals surface area (Å²) in [5.41, 5.74) is 1.16. The third-order valence-corrected chi connectivity index (χ3v) is 5.35. The van der Waals surface area contributed by atoms with Crippen molar-refractivity contribution >= 4 is 28.3 Å². The number of carbonyl (C=O) groups is 2. The van der Waals surface area contributed by atoms with Gasteiger partial charge in [0.05, 0.1) is 24.5 Å². The molecular formula is C20H22FN5O3S. The number of nitrogens with zero attached hydrogens (tertiary/aromatic N) is 4. The highest BCUT2D eigenvalue weighted by molar-refractivity contribution is 7.14. The lowest BCUT2D eigenvalue weighted by atomic mass is 9.90. The van der Waals surface area contributed by atoms with E-state index in [4.69, 9.17) is 4.74 Å². The maximum absolute atomic E-state index is 13.1. The van der Waals surface area contributed by atoms with Crippen molar-refractivity contribution in [3.8, 4) is 0 Å². The second kappa shape index (κ2) is 8.70. The molecule has 0 fully saturated rings. The summed E-state index contributed by atoms with van der Waals surface area (Å²) in [6.07, 6.45) is 0. The minimum absolute atomic E-state index is 0.165. The summed E-state index contributed by atoms with van der Waals surface area (Å²) < 4.78 is 19.7. The maximum Gasteiger partial charge on any atom is 0.317 e. The van der Waals surface area contributed by atoms with Crippen LogP contribution in [0.3, 0.4) is 0 Å². The number of benzene rings is 1. The summed E-state index contributed by atoms with van der Waals surface area (Å²) in [6.45, 7) is 7.56. The van der Waals surface area contributed by atoms with Crippen molar-refractivity contribution in [2.24, 2.45) is 0 Å². The first-order chi connectivity index (χ1) is 14.2. The molecule has 8 nitrogen and oxygen atoms in total. The number of anilines is 1. The summed E-state index contributed by atoms with van der Waals surface area (Å²) in [4.78, 5) is 29.1. The molecule has 0 bridgehead atoms. The van der Waals surface area contributed by atoms with Crippen molar-refractivity contribution in [1.82, 2.24) is 20.0 Å². The first kappa shape index (κ1) is 21.6. The van der Waals surface area contributed by atoms with Crippen LogP contribution in [0.2, 0.25) is 0 Å². The summed E-state index contributed by atoms with van der Waals surface area (Å²) >= 11 is 1.21. The van der Waals surface area contributed by atoms with Gasteiger partial charge in [0.1, 0.15) is 11.2 Å². The molecular weight excluding hydrogens is 409 g/mol. The molecule has 0 unspecified atom stereocenters. The maximum atomic E-state index is 13.1. The van der Waals surface area contributed by atoms with Crippen LogP contribution in [0.15, 0.2) is 29.6 Å². The molecule has 0 aliphatic carbocycles. The SMILES string of the molecule is CCOC(=O)C(C)(C)c1csc(NC(=O)c2nnn(Cc3ccc(F)cc3)c2C)n1. The van der Waals surface area contributed by atoms with Gasteiger partial charge < -0.3 is 4.74 Å². The van der Waals surface area contributed by atoms with E-state index >= 15 is 0 Å². The van der Waals surface area contributed by atoms with Gasteiger partial charge in [-0.3, -0.25) is 14.9 Å². The fourth-order valence-electron chi connectivity index (χ4n) is 2.67. The molecule has 158 valence electrons. The Morgan fingerprint density at radius 2 is 1.97 bits per heavy atom. The van der Waals surface area contributed by atoms with E-state index in [0.29, 0.717) is 23.1 Å². The number of rotatable bonds is 7. The van der Waals surface area contributed by atoms with Gasteiger partial charge >= 0.3 is 5.97 Å². The van der Waals surface area contributed by atoms with E-state index in [9.17, 15) is 14.0 Å². The third-order valence-electron chi connectivity index (χ3n) is 4.59. The van der Waals surface area contributed by atoms with Crippen LogP contribution >= 0.6 is 11.3 Å². The molecule has 1 aromatic carbocycles. The van der Waals surface area contributed by atoms with Gasteiger partial charge in [0.2, 0.25) is 0 Å². The normalized spacial score (nSPS) is 11.4. The largest absolute Gasteiger partial charge is 0.465 e. The third kappa shape index (κ3) is 4.54. The molecule has 3 aromatic rings. The highest BCUT2D eigenvalue weighted by Crippen LogP contribution is 2.28. The van der Waals surface area contributed by atoms with Gasteiger partial charge in [-0.15, -0.1) is 16.4 Å². The van der Waals surface area contributed by atoms with Gasteiger partial charge in [0.15, 0.2) is 10.8 Å². The Morgan fingerprint density at radius 1 is 1.27 bits per heavy atom. The van der Waals surface area contributed by atoms with Crippen LogP contribution in [0.4, 0.5) is 9.52 Å². The number of nitrogens with one attached hydrogen (secondary N) is 1. The van der Waals surface area contributed by atoms with Crippen molar-refractivity contribution in [1.29, 1.82) is 0 Å². The highest BCUT2D eigenvalue weighted by Gasteiger charge is 2.34. The Morgan fingerprint density at radius 3 is 2.63 bits per heavy atom. The van der Waals surface area contributed by atoms with Crippen molar-refractivity contribution < 1.29 is 18.7 Å². The predicted octanol–water partition coefficient (Wildman–Crippen LogP) is 3.32. The number of aromatic nitrogens is 4. The van der Waals surface area contributed by atoms with E-state index in [2.05, 4.69) is 20.6 Å². The number of hydrogen-bond donors (Lipinski definition) is 1. The second-order valence-corrected chi connectivity index (χ2v) is 8.00. The number of hydrogen-bond acceptors (Lipinski definition) is 7. The number of halogens is 1. The molecule has 1 amide bonds. The van der Waals surface area contributed by atoms with E-state index in [0.717, 1.165) is 5.56 Å². The van der Waals surface area contributed by atoms with Crippen molar-refractivity contribution in [3.63, 3.8) is 0 Å². The van der Waals surface area contributed by atoms with E-state index in [1.165, 1.54) is 23.5 Å². The minimum Gasteiger partial charge on any atom is -0.465 e. The van der Waals surface area contributed by atoms with Crippen molar-refractivity contribution in [2.75, 3.05) is 11.9 Å². The van der Waals surface area contributed by atoms with Crippen LogP contribution in [0.1, 0.15) is 48.2 Å². The highest BCUT2D eigenvalue weighted by atomic mass is 32.1. The van der Waals surface area contributed by atoms with E-state index in [-0.39, 0.29) is 24.1 Å². The monoisotopic (exact) mass is 431 g/mol. The lowest BCUT2D eigenvalue weighted by Gasteiger charge is -2.19. The van der Waals surface area contributed by atoms with Gasteiger partial charge in [-0.05, 0) is 45.4 Å². The van der Waals surface area contributed by atoms with Crippen LogP contribution in [0.25, 0.3) is 0 Å². The van der Waals surface area contributed by atoms with Gasteiger partial charge in [0, 0.05) is 5.38 Å². The first-order valence-corrected chi connectivity index (χ1v) is 10.2. The standard InChI is InChI=1S/C20H22FN5O3S/c1-5-29-18(28)20(3,4)15-11-30-19(22-15)23-17(27)16-12(2)26(25-24-16)10-13-6-8-14(21)9-7-13/h6-9,11H,5,10H2,1-4H3,(H,22,23,27). The van der Waals surface area contributed by atoms with Crippen LogP contribution in [-0.4, -0.2) is 38.5 Å². The Hall–Kier alpha value is -3.14. The zero-order valence-corrected chi connectivity index (χ0v) is 17.9. The average molecular weight is 431 g/mol. The summed E-state index contributed by atoms with van der Waals surface area (Å²) in [7, 11) is 0. The molecule has 0 saturated carbocycles. The quantitative estimate of drug-likeness (QED) is 0.576. The molecule has 30 heavy (non-hydrogen) atoms. The van der Waals surface area contributed by atoms with Gasteiger partial charge in [-0.25, -0.2) is 14.1 Å². The number of carbonyl (C=O) groups excluding carboxylic acids is 2.